The molecule has 1 heterocycles. The van der Waals surface area contributed by atoms with Crippen molar-refractivity contribution in [3.05, 3.63) is 48.0 Å². The van der Waals surface area contributed by atoms with Crippen molar-refractivity contribution in [3.63, 3.8) is 0 Å². The number of aromatic nitrogens is 1. The lowest BCUT2D eigenvalue weighted by molar-refractivity contribution is -0.275. The highest BCUT2D eigenvalue weighted by atomic mass is 19.4. The Labute approximate surface area is 110 Å². The van der Waals surface area contributed by atoms with Crippen molar-refractivity contribution in [2.24, 2.45) is 0 Å². The van der Waals surface area contributed by atoms with Crippen LogP contribution in [-0.4, -0.2) is 17.3 Å². The van der Waals surface area contributed by atoms with Crippen LogP contribution in [0.25, 0.3) is 0 Å². The van der Waals surface area contributed by atoms with E-state index in [1.807, 2.05) is 0 Å². The van der Waals surface area contributed by atoms with Gasteiger partial charge in [-0.2, -0.15) is 0 Å². The van der Waals surface area contributed by atoms with Gasteiger partial charge in [-0.15, -0.1) is 13.2 Å². The summed E-state index contributed by atoms with van der Waals surface area (Å²) in [7, 11) is 0. The lowest BCUT2D eigenvalue weighted by Crippen LogP contribution is -2.19. The van der Waals surface area contributed by atoms with Gasteiger partial charge in [-0.05, 0) is 18.2 Å². The monoisotopic (exact) mass is 288 g/mol. The van der Waals surface area contributed by atoms with Crippen LogP contribution in [0, 0.1) is 5.82 Å². The van der Waals surface area contributed by atoms with E-state index in [1.165, 1.54) is 18.5 Å². The molecule has 20 heavy (non-hydrogen) atoms. The maximum atomic E-state index is 13.8. The van der Waals surface area contributed by atoms with Crippen molar-refractivity contribution in [2.75, 3.05) is 5.32 Å². The Hall–Kier alpha value is -2.51. The molecule has 0 aliphatic heterocycles. The van der Waals surface area contributed by atoms with E-state index < -0.39 is 29.5 Å². The number of alkyl halides is 3. The number of aromatic amines is 1. The van der Waals surface area contributed by atoms with Gasteiger partial charge in [0, 0.05) is 12.4 Å². The second kappa shape index (κ2) is 5.24. The van der Waals surface area contributed by atoms with E-state index in [4.69, 9.17) is 0 Å². The third kappa shape index (κ3) is 3.28. The number of ether oxygens (including phenoxy) is 1. The van der Waals surface area contributed by atoms with Gasteiger partial charge in [0.15, 0.2) is 11.6 Å². The summed E-state index contributed by atoms with van der Waals surface area (Å²) in [5, 5.41) is 2.16. The molecule has 0 bridgehead atoms. The van der Waals surface area contributed by atoms with Crippen LogP contribution >= 0.6 is 0 Å². The fourth-order valence-electron chi connectivity index (χ4n) is 1.47. The summed E-state index contributed by atoms with van der Waals surface area (Å²) in [6.07, 6.45) is -2.16. The van der Waals surface area contributed by atoms with E-state index in [9.17, 15) is 22.4 Å². The first-order chi connectivity index (χ1) is 9.37. The minimum Gasteiger partial charge on any atom is -0.403 e. The van der Waals surface area contributed by atoms with Gasteiger partial charge >= 0.3 is 6.36 Å². The normalized spacial score (nSPS) is 11.2. The van der Waals surface area contributed by atoms with E-state index >= 15 is 0 Å². The van der Waals surface area contributed by atoms with Gasteiger partial charge in [-0.25, -0.2) is 4.39 Å². The fourth-order valence-corrected chi connectivity index (χ4v) is 1.47. The highest BCUT2D eigenvalue weighted by Crippen LogP contribution is 2.29. The maximum absolute atomic E-state index is 13.8. The van der Waals surface area contributed by atoms with Gasteiger partial charge in [-0.3, -0.25) is 4.79 Å². The SMILES string of the molecule is O=C(Nc1cccc(OC(F)(F)F)c1F)c1cc[nH]c1. The van der Waals surface area contributed by atoms with Crippen molar-refractivity contribution in [1.29, 1.82) is 0 Å². The molecule has 0 radical (unpaired) electrons. The van der Waals surface area contributed by atoms with Gasteiger partial charge in [0.05, 0.1) is 11.3 Å². The van der Waals surface area contributed by atoms with E-state index in [1.54, 1.807) is 0 Å². The van der Waals surface area contributed by atoms with Gasteiger partial charge < -0.3 is 15.0 Å². The lowest BCUT2D eigenvalue weighted by Gasteiger charge is -2.12. The van der Waals surface area contributed by atoms with Gasteiger partial charge in [0.25, 0.3) is 5.91 Å². The van der Waals surface area contributed by atoms with Crippen molar-refractivity contribution in [3.8, 4) is 5.75 Å². The van der Waals surface area contributed by atoms with Crippen LogP contribution in [0.5, 0.6) is 5.75 Å². The first kappa shape index (κ1) is 13.9. The Kier molecular flexibility index (Phi) is 3.64. The van der Waals surface area contributed by atoms with Gasteiger partial charge in [0.1, 0.15) is 0 Å². The van der Waals surface area contributed by atoms with Crippen LogP contribution < -0.4 is 10.1 Å². The molecule has 0 aliphatic rings. The Morgan fingerprint density at radius 3 is 2.60 bits per heavy atom. The molecule has 0 fully saturated rings. The number of nitrogens with one attached hydrogen (secondary N) is 2. The Balaban J connectivity index is 2.21. The summed E-state index contributed by atoms with van der Waals surface area (Å²) in [6, 6.07) is 4.51. The average Bonchev–Trinajstić information content (AvgIpc) is 2.86. The third-order valence-electron chi connectivity index (χ3n) is 2.30. The predicted molar refractivity (Wildman–Crippen MR) is 61.8 cm³/mol. The Morgan fingerprint density at radius 1 is 1.25 bits per heavy atom. The molecule has 0 unspecified atom stereocenters. The highest BCUT2D eigenvalue weighted by Gasteiger charge is 2.32. The summed E-state index contributed by atoms with van der Waals surface area (Å²) < 4.78 is 53.4. The molecule has 1 aromatic heterocycles. The minimum absolute atomic E-state index is 0.214. The first-order valence-electron chi connectivity index (χ1n) is 5.35. The number of rotatable bonds is 3. The number of halogens is 4. The summed E-state index contributed by atoms with van der Waals surface area (Å²) in [6.45, 7) is 0. The quantitative estimate of drug-likeness (QED) is 0.851. The standard InChI is InChI=1S/C12H8F4N2O2/c13-10-8(18-11(19)7-4-5-17-6-7)2-1-3-9(10)20-12(14,15)16/h1-6,17H,(H,18,19). The molecular formula is C12H8F4N2O2. The van der Waals surface area contributed by atoms with Crippen molar-refractivity contribution < 1.29 is 27.1 Å². The topological polar surface area (TPSA) is 54.1 Å². The molecule has 2 N–H and O–H groups in total. The number of carbonyl (C=O) groups excluding carboxylic acids is 1. The lowest BCUT2D eigenvalue weighted by atomic mass is 10.2. The molecule has 4 nitrogen and oxygen atoms in total. The first-order valence-corrected chi connectivity index (χ1v) is 5.35. The van der Waals surface area contributed by atoms with Crippen molar-refractivity contribution in [2.45, 2.75) is 6.36 Å². The number of hydrogen-bond donors (Lipinski definition) is 2. The zero-order valence-corrected chi connectivity index (χ0v) is 9.79. The van der Waals surface area contributed by atoms with E-state index in [-0.39, 0.29) is 5.56 Å². The molecule has 0 atom stereocenters. The van der Waals surface area contributed by atoms with Crippen LogP contribution in [-0.2, 0) is 0 Å². The van der Waals surface area contributed by atoms with Crippen LogP contribution in [0.1, 0.15) is 10.4 Å². The summed E-state index contributed by atoms with van der Waals surface area (Å²) in [5.74, 6) is -2.97. The molecule has 0 saturated heterocycles. The number of carbonyl (C=O) groups is 1. The van der Waals surface area contributed by atoms with E-state index in [0.29, 0.717) is 0 Å². The molecule has 8 heteroatoms. The molecule has 2 aromatic rings. The van der Waals surface area contributed by atoms with Crippen molar-refractivity contribution in [1.82, 2.24) is 4.98 Å². The Bertz CT molecular complexity index is 608. The highest BCUT2D eigenvalue weighted by molar-refractivity contribution is 6.04. The minimum atomic E-state index is -5.01. The summed E-state index contributed by atoms with van der Waals surface area (Å²) in [5.41, 5.74) is -0.190. The second-order valence-corrected chi connectivity index (χ2v) is 3.72. The fraction of sp³-hybridized carbons (Fsp3) is 0.0833. The smallest absolute Gasteiger partial charge is 0.403 e. The molecular weight excluding hydrogens is 280 g/mol. The number of anilines is 1. The molecule has 1 aromatic carbocycles. The average molecular weight is 288 g/mol. The summed E-state index contributed by atoms with van der Waals surface area (Å²) in [4.78, 5) is 14.3. The molecule has 0 aliphatic carbocycles. The van der Waals surface area contributed by atoms with E-state index in [0.717, 1.165) is 18.2 Å². The van der Waals surface area contributed by atoms with Crippen LogP contribution in [0.4, 0.5) is 23.2 Å². The zero-order valence-electron chi connectivity index (χ0n) is 9.79. The molecule has 2 rings (SSSR count). The summed E-state index contributed by atoms with van der Waals surface area (Å²) >= 11 is 0. The third-order valence-corrected chi connectivity index (χ3v) is 2.30. The van der Waals surface area contributed by atoms with Gasteiger partial charge in [0.2, 0.25) is 0 Å². The number of benzene rings is 1. The Morgan fingerprint density at radius 2 is 2.00 bits per heavy atom. The maximum Gasteiger partial charge on any atom is 0.573 e. The number of H-pyrrole nitrogens is 1. The zero-order chi connectivity index (χ0) is 14.8. The molecule has 106 valence electrons. The predicted octanol–water partition coefficient (Wildman–Crippen LogP) is 3.30. The van der Waals surface area contributed by atoms with E-state index in [2.05, 4.69) is 15.0 Å². The molecule has 0 saturated carbocycles. The van der Waals surface area contributed by atoms with Crippen LogP contribution in [0.15, 0.2) is 36.7 Å². The molecule has 0 spiro atoms. The van der Waals surface area contributed by atoms with Gasteiger partial charge in [-0.1, -0.05) is 6.07 Å². The molecule has 1 amide bonds. The van der Waals surface area contributed by atoms with Crippen molar-refractivity contribution >= 4 is 11.6 Å². The number of amides is 1. The van der Waals surface area contributed by atoms with Crippen LogP contribution in [0.2, 0.25) is 0 Å². The largest absolute Gasteiger partial charge is 0.573 e. The van der Waals surface area contributed by atoms with Crippen LogP contribution in [0.3, 0.4) is 0 Å². The number of hydrogen-bond acceptors (Lipinski definition) is 2. The second-order valence-electron chi connectivity index (χ2n) is 3.72.